The number of benzene rings is 16. The molecule has 0 aliphatic rings. The molecule has 0 spiro atoms. The molecule has 0 aliphatic heterocycles. The fourth-order valence-electron chi connectivity index (χ4n) is 18.2. The molecule has 744 valence electrons. The van der Waals surface area contributed by atoms with Crippen LogP contribution in [-0.2, 0) is 106 Å². The monoisotopic (exact) mass is 2660 g/mol. The van der Waals surface area contributed by atoms with Gasteiger partial charge in [-0.15, -0.1) is 70.8 Å². The minimum absolute atomic E-state index is 0. The Morgan fingerprint density at radius 2 is 0.459 bits per heavy atom. The van der Waals surface area contributed by atoms with E-state index >= 15 is 0 Å². The Morgan fingerprint density at radius 3 is 0.750 bits per heavy atom. The average molecular weight is 2660 g/mol. The number of fused-ring (bicyclic) bond motifs is 8. The number of phenolic OH excluding ortho intramolecular Hbond substituents is 4. The van der Waals surface area contributed by atoms with Crippen LogP contribution in [0.15, 0.2) is 382 Å². The summed E-state index contributed by atoms with van der Waals surface area (Å²) in [5, 5.41) is 50.3. The summed E-state index contributed by atoms with van der Waals surface area (Å²) in [7, 11) is 0. The Labute approximate surface area is 915 Å². The van der Waals surface area contributed by atoms with Crippen molar-refractivity contribution in [2.24, 2.45) is 0 Å². The van der Waals surface area contributed by atoms with Crippen LogP contribution in [0, 0.1) is 24.3 Å². The van der Waals surface area contributed by atoms with Crippen LogP contribution in [0.4, 0.5) is 0 Å². The smallest absolute Gasteiger partial charge is 0.230 e. The molecule has 0 atom stereocenters. The van der Waals surface area contributed by atoms with E-state index in [1.54, 1.807) is 73.1 Å². The average Bonchev–Trinajstić information content (AvgIpc) is 1.58. The Morgan fingerprint density at radius 1 is 0.209 bits per heavy atom. The summed E-state index contributed by atoms with van der Waals surface area (Å²) in [6.07, 6.45) is 7.36. The third-order valence-corrected chi connectivity index (χ3v) is 26.0. The minimum atomic E-state index is -0.118. The van der Waals surface area contributed by atoms with E-state index in [1.807, 2.05) is 158 Å². The third-order valence-electron chi connectivity index (χ3n) is 26.0. The van der Waals surface area contributed by atoms with Gasteiger partial charge < -0.3 is 38.1 Å². The molecule has 0 saturated heterocycles. The second-order valence-corrected chi connectivity index (χ2v) is 40.1. The van der Waals surface area contributed by atoms with Gasteiger partial charge >= 0.3 is 0 Å². The fourth-order valence-corrected chi connectivity index (χ4v) is 18.2. The van der Waals surface area contributed by atoms with Gasteiger partial charge in [-0.05, 0) is 141 Å². The van der Waals surface area contributed by atoms with Gasteiger partial charge in [0.25, 0.3) is 0 Å². The summed E-state index contributed by atoms with van der Waals surface area (Å²) in [4.78, 5) is 38.0. The Balaban J connectivity index is 0.000000134. The molecule has 0 bridgehead atoms. The predicted molar refractivity (Wildman–Crippen MR) is 579 cm³/mol. The SMILES string of the molecule is CC(C)(C)c1cc(-c2[c-]c(-c3ccccn3)c3ccccc3c2)c2nc(-c3ccccc3O)oc2c1.CC(C)(C)c1ccnc(-c2[c-]c(-c3cc(C(C)(C)C)cc4oc(-c5ccccc5O)nc34)cc3ccccc23)c1.CC(C)(C)c1ccnc(-c2[c-]c(-c3cccc4oc(-c5ccccc5O)nc34)cc3ccccc23)c1.Oc1ccccc1-c1nc2c(-c3[c-]c(-c4ccccn4)c4ccccc4c3)cccc2o1.[Pt].[Pt].[Pt].[Pt]. The number of rotatable bonds is 12. The van der Waals surface area contributed by atoms with Crippen molar-refractivity contribution < 1.29 is 122 Å². The minimum Gasteiger partial charge on any atom is -0.507 e. The van der Waals surface area contributed by atoms with E-state index in [2.05, 4.69) is 251 Å². The maximum Gasteiger partial charge on any atom is 0.230 e. The van der Waals surface area contributed by atoms with Crippen LogP contribution in [-0.4, -0.2) is 60.3 Å². The third kappa shape index (κ3) is 21.5. The summed E-state index contributed by atoms with van der Waals surface area (Å²) < 4.78 is 24.6. The van der Waals surface area contributed by atoms with E-state index < -0.39 is 0 Å². The van der Waals surface area contributed by atoms with Gasteiger partial charge in [-0.2, -0.15) is 0 Å². The molecular weight excluding hydrogens is 2560 g/mol. The Hall–Kier alpha value is -15.0. The van der Waals surface area contributed by atoms with Crippen molar-refractivity contribution in [3.8, 4) is 158 Å². The first-order valence-electron chi connectivity index (χ1n) is 47.9. The number of nitrogens with zero attached hydrogens (tertiary/aromatic N) is 8. The number of hydrogen-bond donors (Lipinski definition) is 4. The van der Waals surface area contributed by atoms with E-state index in [4.69, 9.17) is 47.6 Å². The molecule has 0 aliphatic carbocycles. The molecule has 8 aromatic heterocycles. The zero-order chi connectivity index (χ0) is 99.5. The first kappa shape index (κ1) is 104. The number of hydrogen-bond acceptors (Lipinski definition) is 16. The van der Waals surface area contributed by atoms with E-state index in [0.717, 1.165) is 166 Å². The van der Waals surface area contributed by atoms with E-state index in [9.17, 15) is 20.4 Å². The topological polar surface area (TPSA) is 237 Å². The molecular formula is C128H100N8O8Pt4-4. The largest absolute Gasteiger partial charge is 0.507 e. The van der Waals surface area contributed by atoms with Crippen LogP contribution < -0.4 is 0 Å². The van der Waals surface area contributed by atoms with Crippen molar-refractivity contribution in [3.63, 3.8) is 0 Å². The summed E-state index contributed by atoms with van der Waals surface area (Å²) in [6.45, 7) is 26.4. The van der Waals surface area contributed by atoms with Crippen molar-refractivity contribution in [1.82, 2.24) is 39.9 Å². The van der Waals surface area contributed by atoms with Gasteiger partial charge in [-0.3, -0.25) is 19.9 Å². The number of pyridine rings is 4. The number of aromatic nitrogens is 8. The molecule has 0 unspecified atom stereocenters. The molecule has 8 heterocycles. The van der Waals surface area contributed by atoms with Crippen LogP contribution in [0.1, 0.15) is 105 Å². The number of para-hydroxylation sites is 6. The van der Waals surface area contributed by atoms with E-state index in [1.165, 1.54) is 11.1 Å². The van der Waals surface area contributed by atoms with Gasteiger partial charge in [0.2, 0.25) is 23.6 Å². The van der Waals surface area contributed by atoms with Crippen molar-refractivity contribution in [2.45, 2.75) is 105 Å². The molecule has 0 radical (unpaired) electrons. The van der Waals surface area contributed by atoms with Crippen LogP contribution >= 0.6 is 0 Å². The zero-order valence-electron chi connectivity index (χ0n) is 82.9. The maximum absolute atomic E-state index is 10.5. The number of oxazole rings is 4. The summed E-state index contributed by atoms with van der Waals surface area (Å²) >= 11 is 0. The van der Waals surface area contributed by atoms with Gasteiger partial charge in [0.15, 0.2) is 0 Å². The van der Waals surface area contributed by atoms with Crippen LogP contribution in [0.25, 0.3) is 223 Å². The molecule has 24 rings (SSSR count). The van der Waals surface area contributed by atoms with Crippen LogP contribution in [0.2, 0.25) is 0 Å². The normalized spacial score (nSPS) is 11.5. The molecule has 16 aromatic carbocycles. The summed E-state index contributed by atoms with van der Waals surface area (Å²) in [5.41, 5.74) is 27.0. The second-order valence-electron chi connectivity index (χ2n) is 40.1. The first-order chi connectivity index (χ1) is 69.5. The van der Waals surface area contributed by atoms with Gasteiger partial charge in [0, 0.05) is 132 Å². The quantitative estimate of drug-likeness (QED) is 0.0832. The van der Waals surface area contributed by atoms with Gasteiger partial charge in [-0.25, -0.2) is 19.9 Å². The Bertz CT molecular complexity index is 9040. The van der Waals surface area contributed by atoms with Gasteiger partial charge in [0.05, 0.1) is 44.3 Å². The zero-order valence-corrected chi connectivity index (χ0v) is 92.0. The molecule has 20 heteroatoms. The molecule has 4 N–H and O–H groups in total. The summed E-state index contributed by atoms with van der Waals surface area (Å²) in [6, 6.07) is 125. The van der Waals surface area contributed by atoms with Crippen molar-refractivity contribution >= 4 is 87.5 Å². The molecule has 148 heavy (non-hydrogen) atoms. The van der Waals surface area contributed by atoms with Crippen LogP contribution in [0.5, 0.6) is 23.0 Å². The van der Waals surface area contributed by atoms with E-state index in [0.29, 0.717) is 68.1 Å². The molecule has 0 saturated carbocycles. The Kier molecular flexibility index (Phi) is 30.5. The predicted octanol–water partition coefficient (Wildman–Crippen LogP) is 32.7. The van der Waals surface area contributed by atoms with Crippen molar-refractivity contribution in [3.05, 3.63) is 411 Å². The molecule has 16 nitrogen and oxygen atoms in total. The first-order valence-corrected chi connectivity index (χ1v) is 47.9. The van der Waals surface area contributed by atoms with Crippen molar-refractivity contribution in [2.75, 3.05) is 0 Å². The number of phenols is 4. The fraction of sp³-hybridized carbons (Fsp3) is 0.125. The molecule has 24 aromatic rings. The standard InChI is InChI=1S/C36H33N2O2.2C32H25N2O2.C28H17N2O2.4Pt/c1-35(2,3)24-15-16-37-30(20-24)29-18-23(17-22-11-7-8-12-26(22)29)28-19-25(36(4,5)6)21-32-33(28)38-34(40-32)27-13-9-10-14-31(27)39;1-32(2,3)22-18-25(30-29(19-22)36-31(34-30)24-12-6-7-14-28(24)35)21-16-20-10-4-5-11-23(20)26(17-21)27-13-8-9-15-33-27;1-32(2,3)22-15-16-33-27(19-22)26-18-21(17-20-9-4-5-10-23(20)26)24-12-8-14-29-30(24)34-31(36-29)25-11-6-7-13-28(25)35;31-25-13-4-3-10-22(25)28-30-27-21(11-7-14-26(27)32-28)19-16-18-8-1-2-9-20(18)23(17-19)24-12-5-6-15-29-24;;;;/h7-17,19-21,39H,1-6H3;4-16,18-19,35H,1-3H3;4-17,19,35H,1-3H3;1-16,31H;;;;/q4*-1;;;;. The maximum atomic E-state index is 10.5. The molecule has 0 amide bonds. The van der Waals surface area contributed by atoms with Gasteiger partial charge in [-0.1, -0.05) is 389 Å². The summed E-state index contributed by atoms with van der Waals surface area (Å²) in [5.74, 6) is 2.09. The molecule has 0 fully saturated rings. The van der Waals surface area contributed by atoms with Gasteiger partial charge in [0.1, 0.15) is 45.3 Å². The van der Waals surface area contributed by atoms with E-state index in [-0.39, 0.29) is 129 Å². The second kappa shape index (κ2) is 43.2. The van der Waals surface area contributed by atoms with Crippen molar-refractivity contribution in [1.29, 1.82) is 0 Å². The number of aromatic hydroxyl groups is 4. The van der Waals surface area contributed by atoms with Crippen LogP contribution in [0.3, 0.4) is 0 Å².